The number of carbonyl (C=O) groups excluding carboxylic acids is 1. The smallest absolute Gasteiger partial charge is 0.259 e. The van der Waals surface area contributed by atoms with E-state index in [9.17, 15) is 9.18 Å². The van der Waals surface area contributed by atoms with E-state index in [0.29, 0.717) is 17.9 Å². The number of anilines is 2. The van der Waals surface area contributed by atoms with Gasteiger partial charge in [-0.3, -0.25) is 4.79 Å². The number of amides is 1. The number of nitrogens with two attached hydrogens (primary N) is 1. The molecule has 1 saturated carbocycles. The average Bonchev–Trinajstić information content (AvgIpc) is 3.22. The number of carbonyl (C=O) groups is 1. The highest BCUT2D eigenvalue weighted by Crippen LogP contribution is 2.32. The Morgan fingerprint density at radius 1 is 1.28 bits per heavy atom. The second-order valence-corrected chi connectivity index (χ2v) is 8.61. The van der Waals surface area contributed by atoms with Gasteiger partial charge in [-0.25, -0.2) is 9.37 Å². The number of pyridine rings is 1. The first-order valence-electron chi connectivity index (χ1n) is 11.0. The highest BCUT2D eigenvalue weighted by molar-refractivity contribution is 6.12. The Balaban J connectivity index is 1.69. The first kappa shape index (κ1) is 22.2. The summed E-state index contributed by atoms with van der Waals surface area (Å²) in [5.41, 5.74) is 9.51. The van der Waals surface area contributed by atoms with Crippen LogP contribution in [0.25, 0.3) is 11.0 Å². The minimum atomic E-state index is -0.353. The van der Waals surface area contributed by atoms with E-state index < -0.39 is 0 Å². The van der Waals surface area contributed by atoms with Crippen LogP contribution in [0.1, 0.15) is 54.6 Å². The van der Waals surface area contributed by atoms with Crippen LogP contribution in [-0.2, 0) is 4.74 Å². The zero-order valence-electron chi connectivity index (χ0n) is 18.5. The summed E-state index contributed by atoms with van der Waals surface area (Å²) in [7, 11) is 1.68. The fraction of sp³-hybridized carbons (Fsp3) is 0.417. The van der Waals surface area contributed by atoms with Gasteiger partial charge >= 0.3 is 0 Å². The highest BCUT2D eigenvalue weighted by atomic mass is 19.1. The number of fused-ring (bicyclic) bond motifs is 1. The fourth-order valence-electron chi connectivity index (χ4n) is 4.23. The first-order valence-corrected chi connectivity index (χ1v) is 11.0. The lowest BCUT2D eigenvalue weighted by molar-refractivity contribution is 0.102. The lowest BCUT2D eigenvalue weighted by atomic mass is 9.91. The maximum Gasteiger partial charge on any atom is 0.259 e. The fourth-order valence-corrected chi connectivity index (χ4v) is 4.23. The number of aromatic nitrogens is 2. The van der Waals surface area contributed by atoms with Crippen molar-refractivity contribution in [3.05, 3.63) is 53.6 Å². The standard InChI is InChI=1S/C24H30FN5O2/c1-14(13-32-2)21-11-19-22(28-17-9-5-16(26)6-10-17)20(12-27-23(19)30-21)24(31)29-18-7-3-15(25)4-8-18/h3-4,7-8,11-12,14,16-17H,5-6,9-10,13,26H2,1-2H3,(H,29,31)(H2,27,28,30). The van der Waals surface area contributed by atoms with Crippen molar-refractivity contribution in [1.82, 2.24) is 9.97 Å². The van der Waals surface area contributed by atoms with Crippen molar-refractivity contribution in [2.75, 3.05) is 24.4 Å². The van der Waals surface area contributed by atoms with E-state index in [-0.39, 0.29) is 29.7 Å². The summed E-state index contributed by atoms with van der Waals surface area (Å²) in [6.07, 6.45) is 5.38. The topological polar surface area (TPSA) is 105 Å². The normalized spacial score (nSPS) is 19.6. The van der Waals surface area contributed by atoms with Gasteiger partial charge in [0.1, 0.15) is 11.5 Å². The second-order valence-electron chi connectivity index (χ2n) is 8.61. The Bertz CT molecular complexity index is 1070. The maximum atomic E-state index is 13.2. The van der Waals surface area contributed by atoms with Crippen LogP contribution in [-0.4, -0.2) is 41.7 Å². The molecule has 0 aliphatic heterocycles. The third-order valence-electron chi connectivity index (χ3n) is 6.09. The molecule has 2 heterocycles. The molecule has 32 heavy (non-hydrogen) atoms. The van der Waals surface area contributed by atoms with E-state index in [0.717, 1.165) is 48.1 Å². The number of methoxy groups -OCH3 is 1. The van der Waals surface area contributed by atoms with Crippen LogP contribution in [0.5, 0.6) is 0 Å². The van der Waals surface area contributed by atoms with E-state index in [1.807, 2.05) is 6.07 Å². The molecule has 1 unspecified atom stereocenters. The molecule has 0 spiro atoms. The quantitative estimate of drug-likeness (QED) is 0.437. The van der Waals surface area contributed by atoms with Gasteiger partial charge in [0.15, 0.2) is 0 Å². The van der Waals surface area contributed by atoms with Gasteiger partial charge in [0.2, 0.25) is 0 Å². The van der Waals surface area contributed by atoms with Crippen LogP contribution in [0.3, 0.4) is 0 Å². The number of rotatable bonds is 7. The molecule has 5 N–H and O–H groups in total. The van der Waals surface area contributed by atoms with Gasteiger partial charge in [-0.15, -0.1) is 0 Å². The molecule has 0 bridgehead atoms. The summed E-state index contributed by atoms with van der Waals surface area (Å²) in [6, 6.07) is 8.21. The van der Waals surface area contributed by atoms with Crippen molar-refractivity contribution in [3.8, 4) is 0 Å². The van der Waals surface area contributed by atoms with E-state index in [1.54, 1.807) is 13.3 Å². The average molecular weight is 440 g/mol. The number of aromatic amines is 1. The molecule has 0 radical (unpaired) electrons. The minimum Gasteiger partial charge on any atom is -0.384 e. The maximum absolute atomic E-state index is 13.2. The Hall–Kier alpha value is -2.97. The van der Waals surface area contributed by atoms with Gasteiger partial charge in [-0.05, 0) is 56.0 Å². The largest absolute Gasteiger partial charge is 0.384 e. The van der Waals surface area contributed by atoms with Crippen molar-refractivity contribution in [3.63, 3.8) is 0 Å². The summed E-state index contributed by atoms with van der Waals surface area (Å²) >= 11 is 0. The number of benzene rings is 1. The molecule has 7 nitrogen and oxygen atoms in total. The van der Waals surface area contributed by atoms with Gasteiger partial charge < -0.3 is 26.1 Å². The molecule has 0 saturated heterocycles. The summed E-state index contributed by atoms with van der Waals surface area (Å²) in [6.45, 7) is 2.65. The first-order chi connectivity index (χ1) is 15.4. The van der Waals surface area contributed by atoms with Gasteiger partial charge in [-0.1, -0.05) is 6.92 Å². The molecule has 1 aliphatic rings. The van der Waals surface area contributed by atoms with Crippen LogP contribution >= 0.6 is 0 Å². The molecule has 170 valence electrons. The van der Waals surface area contributed by atoms with Crippen LogP contribution in [0, 0.1) is 5.82 Å². The van der Waals surface area contributed by atoms with Crippen molar-refractivity contribution in [2.24, 2.45) is 5.73 Å². The predicted molar refractivity (Wildman–Crippen MR) is 125 cm³/mol. The van der Waals surface area contributed by atoms with Crippen molar-refractivity contribution in [1.29, 1.82) is 0 Å². The molecule has 3 aromatic rings. The lowest BCUT2D eigenvalue weighted by Crippen LogP contribution is -2.33. The zero-order valence-corrected chi connectivity index (χ0v) is 18.5. The van der Waals surface area contributed by atoms with Gasteiger partial charge in [-0.2, -0.15) is 0 Å². The van der Waals surface area contributed by atoms with Gasteiger partial charge in [0.25, 0.3) is 5.91 Å². The Morgan fingerprint density at radius 2 is 2.00 bits per heavy atom. The van der Waals surface area contributed by atoms with Crippen molar-refractivity contribution < 1.29 is 13.9 Å². The number of ether oxygens (including phenoxy) is 1. The molecule has 1 aromatic carbocycles. The third kappa shape index (κ3) is 4.92. The summed E-state index contributed by atoms with van der Waals surface area (Å²) < 4.78 is 18.5. The lowest BCUT2D eigenvalue weighted by Gasteiger charge is -2.28. The molecule has 1 amide bonds. The Kier molecular flexibility index (Phi) is 6.72. The van der Waals surface area contributed by atoms with Crippen LogP contribution < -0.4 is 16.4 Å². The van der Waals surface area contributed by atoms with E-state index >= 15 is 0 Å². The Morgan fingerprint density at radius 3 is 2.69 bits per heavy atom. The van der Waals surface area contributed by atoms with E-state index in [2.05, 4.69) is 27.5 Å². The van der Waals surface area contributed by atoms with Crippen LogP contribution in [0.4, 0.5) is 15.8 Å². The molecule has 4 rings (SSSR count). The number of H-pyrrole nitrogens is 1. The highest BCUT2D eigenvalue weighted by Gasteiger charge is 2.24. The molecular formula is C24H30FN5O2. The number of nitrogens with zero attached hydrogens (tertiary/aromatic N) is 1. The van der Waals surface area contributed by atoms with Crippen molar-refractivity contribution >= 4 is 28.3 Å². The van der Waals surface area contributed by atoms with E-state index in [1.165, 1.54) is 24.3 Å². The zero-order chi connectivity index (χ0) is 22.7. The molecule has 2 aromatic heterocycles. The molecule has 1 aliphatic carbocycles. The minimum absolute atomic E-state index is 0.159. The molecule has 1 atom stereocenters. The second kappa shape index (κ2) is 9.67. The number of hydrogen-bond donors (Lipinski definition) is 4. The molecule has 1 fully saturated rings. The Labute approximate surface area is 186 Å². The monoisotopic (exact) mass is 439 g/mol. The number of hydrogen-bond acceptors (Lipinski definition) is 5. The SMILES string of the molecule is COCC(C)c1cc2c(NC3CCC(N)CC3)c(C(=O)Nc3ccc(F)cc3)cnc2[nH]1. The van der Waals surface area contributed by atoms with Crippen molar-refractivity contribution in [2.45, 2.75) is 50.6 Å². The molecule has 8 heteroatoms. The summed E-state index contributed by atoms with van der Waals surface area (Å²) in [5, 5.41) is 7.32. The van der Waals surface area contributed by atoms with Crippen LogP contribution in [0.2, 0.25) is 0 Å². The predicted octanol–water partition coefficient (Wildman–Crippen LogP) is 4.39. The number of nitrogens with one attached hydrogen (secondary N) is 3. The van der Waals surface area contributed by atoms with E-state index in [4.69, 9.17) is 10.5 Å². The van der Waals surface area contributed by atoms with Crippen LogP contribution in [0.15, 0.2) is 36.5 Å². The third-order valence-corrected chi connectivity index (χ3v) is 6.09. The van der Waals surface area contributed by atoms with Gasteiger partial charge in [0, 0.05) is 48.1 Å². The van der Waals surface area contributed by atoms with Gasteiger partial charge in [0.05, 0.1) is 17.9 Å². The summed E-state index contributed by atoms with van der Waals surface area (Å²) in [4.78, 5) is 21.0. The molecular weight excluding hydrogens is 409 g/mol. The summed E-state index contributed by atoms with van der Waals surface area (Å²) in [5.74, 6) is -0.492. The number of halogens is 1.